The van der Waals surface area contributed by atoms with E-state index in [0.717, 1.165) is 23.2 Å². The lowest BCUT2D eigenvalue weighted by atomic mass is 9.62. The summed E-state index contributed by atoms with van der Waals surface area (Å²) in [4.78, 5) is 12.5. The van der Waals surface area contributed by atoms with Crippen molar-refractivity contribution in [2.24, 2.45) is 17.8 Å². The second-order valence-electron chi connectivity index (χ2n) is 9.27. The lowest BCUT2D eigenvalue weighted by molar-refractivity contribution is 0.0929. The van der Waals surface area contributed by atoms with Crippen LogP contribution in [0.2, 0.25) is 5.02 Å². The Morgan fingerprint density at radius 2 is 1.78 bits per heavy atom. The summed E-state index contributed by atoms with van der Waals surface area (Å²) in [5, 5.41) is 5.63. The van der Waals surface area contributed by atoms with Gasteiger partial charge >= 0.3 is 0 Å². The van der Waals surface area contributed by atoms with Crippen molar-refractivity contribution in [3.63, 3.8) is 0 Å². The second-order valence-corrected chi connectivity index (χ2v) is 9.71. The predicted molar refractivity (Wildman–Crippen MR) is 124 cm³/mol. The molecular weight excluding hydrogens is 430 g/mol. The fraction of sp³-hybridized carbons (Fsp3) is 0.360. The minimum Gasteiger partial charge on any atom is -0.366 e. The van der Waals surface area contributed by atoms with Crippen molar-refractivity contribution in [2.45, 2.75) is 38.6 Å². The maximum atomic E-state index is 14.3. The first kappa shape index (κ1) is 19.9. The molecule has 2 N–H and O–H groups in total. The molecule has 2 heterocycles. The molecule has 2 aromatic heterocycles. The van der Waals surface area contributed by atoms with Crippen molar-refractivity contribution in [1.29, 1.82) is 0 Å². The van der Waals surface area contributed by atoms with E-state index in [1.807, 2.05) is 12.1 Å². The Hall–Kier alpha value is -2.73. The molecule has 0 unspecified atom stereocenters. The zero-order valence-corrected chi connectivity index (χ0v) is 18.4. The van der Waals surface area contributed by atoms with Gasteiger partial charge in [-0.2, -0.15) is 0 Å². The molecule has 3 saturated carbocycles. The maximum Gasteiger partial charge on any atom is 0.164 e. The Balaban J connectivity index is 1.51. The van der Waals surface area contributed by atoms with Gasteiger partial charge in [0, 0.05) is 39.7 Å². The lowest BCUT2D eigenvalue weighted by Crippen LogP contribution is -2.47. The highest BCUT2D eigenvalue weighted by atomic mass is 35.5. The zero-order chi connectivity index (χ0) is 22.0. The van der Waals surface area contributed by atoms with Gasteiger partial charge < -0.3 is 10.3 Å². The zero-order valence-electron chi connectivity index (χ0n) is 17.6. The third-order valence-electron chi connectivity index (χ3n) is 7.54. The average molecular weight is 453 g/mol. The van der Waals surface area contributed by atoms with Crippen molar-refractivity contribution in [3.05, 3.63) is 53.2 Å². The predicted octanol–water partition coefficient (Wildman–Crippen LogP) is 6.95. The van der Waals surface area contributed by atoms with Crippen molar-refractivity contribution in [3.8, 4) is 11.4 Å². The highest BCUT2D eigenvalue weighted by molar-refractivity contribution is 6.31. The molecule has 7 heteroatoms. The van der Waals surface area contributed by atoms with Gasteiger partial charge in [0.05, 0.1) is 11.0 Å². The lowest BCUT2D eigenvalue weighted by Gasteiger charge is -2.47. The van der Waals surface area contributed by atoms with E-state index >= 15 is 0 Å². The van der Waals surface area contributed by atoms with Gasteiger partial charge in [-0.3, -0.25) is 0 Å². The van der Waals surface area contributed by atoms with Gasteiger partial charge in [-0.05, 0) is 67.7 Å². The standard InChI is InChI=1S/C25H23ClF2N4/c1-12-13-2-4-14(5-3-13)22(12)31-24-17-7-6-15(26)8-21(17)30-25(32-24)19-11-29-23-18(19)9-16(27)10-20(23)28/h6-14,22,29H,2-5H2,1H3,(H,30,31,32)/t12-,13?,14?,22+/m0/s1. The number of anilines is 1. The molecular formula is C25H23ClF2N4. The third-order valence-corrected chi connectivity index (χ3v) is 7.78. The fourth-order valence-corrected chi connectivity index (χ4v) is 6.00. The molecule has 3 aliphatic carbocycles. The monoisotopic (exact) mass is 452 g/mol. The van der Waals surface area contributed by atoms with Crippen molar-refractivity contribution < 1.29 is 8.78 Å². The summed E-state index contributed by atoms with van der Waals surface area (Å²) in [5.41, 5.74) is 1.50. The molecule has 2 atom stereocenters. The Labute approximate surface area is 189 Å². The molecule has 0 spiro atoms. The van der Waals surface area contributed by atoms with E-state index < -0.39 is 11.6 Å². The Morgan fingerprint density at radius 1 is 1.00 bits per heavy atom. The molecule has 4 nitrogen and oxygen atoms in total. The van der Waals surface area contributed by atoms with Crippen molar-refractivity contribution in [2.75, 3.05) is 5.32 Å². The van der Waals surface area contributed by atoms with Crippen LogP contribution in [-0.4, -0.2) is 21.0 Å². The van der Waals surface area contributed by atoms with Crippen LogP contribution in [0.3, 0.4) is 0 Å². The molecule has 164 valence electrons. The number of nitrogens with one attached hydrogen (secondary N) is 2. The SMILES string of the molecule is C[C@H]1C2CCC(CC2)[C@@H]1Nc1nc(-c2c[nH]c3c(F)cc(F)cc23)nc2cc(Cl)ccc12. The minimum atomic E-state index is -0.638. The van der Waals surface area contributed by atoms with E-state index in [9.17, 15) is 8.78 Å². The normalized spacial score (nSPS) is 25.0. The molecule has 2 aromatic carbocycles. The highest BCUT2D eigenvalue weighted by Crippen LogP contribution is 2.46. The Bertz CT molecular complexity index is 1340. The van der Waals surface area contributed by atoms with Crippen LogP contribution in [0, 0.1) is 29.4 Å². The van der Waals surface area contributed by atoms with Crippen LogP contribution < -0.4 is 5.32 Å². The molecule has 32 heavy (non-hydrogen) atoms. The van der Waals surface area contributed by atoms with E-state index in [0.29, 0.717) is 45.2 Å². The van der Waals surface area contributed by atoms with Gasteiger partial charge in [0.1, 0.15) is 17.5 Å². The van der Waals surface area contributed by atoms with Crippen molar-refractivity contribution in [1.82, 2.24) is 15.0 Å². The number of benzene rings is 2. The first-order chi connectivity index (χ1) is 15.5. The van der Waals surface area contributed by atoms with Crippen LogP contribution in [-0.2, 0) is 0 Å². The third kappa shape index (κ3) is 3.15. The first-order valence-corrected chi connectivity index (χ1v) is 11.6. The number of fused-ring (bicyclic) bond motifs is 5. The molecule has 7 rings (SSSR count). The molecule has 0 radical (unpaired) electrons. The van der Waals surface area contributed by atoms with Crippen LogP contribution in [0.4, 0.5) is 14.6 Å². The smallest absolute Gasteiger partial charge is 0.164 e. The summed E-state index contributed by atoms with van der Waals surface area (Å²) in [6, 6.07) is 8.11. The van der Waals surface area contributed by atoms with E-state index in [-0.39, 0.29) is 5.52 Å². The first-order valence-electron chi connectivity index (χ1n) is 11.2. The number of hydrogen-bond acceptors (Lipinski definition) is 3. The Kier molecular flexibility index (Phi) is 4.61. The highest BCUT2D eigenvalue weighted by Gasteiger charge is 2.41. The number of H-pyrrole nitrogens is 1. The van der Waals surface area contributed by atoms with E-state index in [4.69, 9.17) is 21.6 Å². The van der Waals surface area contributed by atoms with Crippen molar-refractivity contribution >= 4 is 39.2 Å². The number of hydrogen-bond donors (Lipinski definition) is 2. The van der Waals surface area contributed by atoms with Gasteiger partial charge in [0.2, 0.25) is 0 Å². The van der Waals surface area contributed by atoms with Gasteiger partial charge in [0.15, 0.2) is 5.82 Å². The topological polar surface area (TPSA) is 53.6 Å². The summed E-state index contributed by atoms with van der Waals surface area (Å²) in [6.45, 7) is 2.33. The summed E-state index contributed by atoms with van der Waals surface area (Å²) in [5.74, 6) is 1.83. The summed E-state index contributed by atoms with van der Waals surface area (Å²) in [6.07, 6.45) is 6.74. The fourth-order valence-electron chi connectivity index (χ4n) is 5.83. The van der Waals surface area contributed by atoms with Gasteiger partial charge in [-0.1, -0.05) is 18.5 Å². The van der Waals surface area contributed by atoms with Gasteiger partial charge in [0.25, 0.3) is 0 Å². The Morgan fingerprint density at radius 3 is 2.56 bits per heavy atom. The maximum absolute atomic E-state index is 14.3. The second kappa shape index (κ2) is 7.41. The number of aromatic amines is 1. The minimum absolute atomic E-state index is 0.240. The number of nitrogens with zero attached hydrogens (tertiary/aromatic N) is 2. The largest absolute Gasteiger partial charge is 0.366 e. The van der Waals surface area contributed by atoms with E-state index in [1.165, 1.54) is 31.7 Å². The summed E-state index contributed by atoms with van der Waals surface area (Å²) in [7, 11) is 0. The molecule has 0 aliphatic heterocycles. The molecule has 0 saturated heterocycles. The molecule has 3 aliphatic rings. The van der Waals surface area contributed by atoms with Crippen LogP contribution in [0.5, 0.6) is 0 Å². The molecule has 3 fully saturated rings. The molecule has 4 aromatic rings. The summed E-state index contributed by atoms with van der Waals surface area (Å²) >= 11 is 6.27. The van der Waals surface area contributed by atoms with Crippen LogP contribution in [0.15, 0.2) is 36.5 Å². The molecule has 2 bridgehead atoms. The van der Waals surface area contributed by atoms with Crippen LogP contribution in [0.25, 0.3) is 33.2 Å². The van der Waals surface area contributed by atoms with E-state index in [1.54, 1.807) is 12.3 Å². The number of halogens is 3. The number of aromatic nitrogens is 3. The van der Waals surface area contributed by atoms with Crippen LogP contribution in [0.1, 0.15) is 32.6 Å². The molecule has 0 amide bonds. The quantitative estimate of drug-likeness (QED) is 0.353. The average Bonchev–Trinajstić information content (AvgIpc) is 3.20. The van der Waals surface area contributed by atoms with Crippen LogP contribution >= 0.6 is 11.6 Å². The summed E-state index contributed by atoms with van der Waals surface area (Å²) < 4.78 is 28.2. The van der Waals surface area contributed by atoms with E-state index in [2.05, 4.69) is 17.2 Å². The number of rotatable bonds is 3. The van der Waals surface area contributed by atoms with Gasteiger partial charge in [-0.15, -0.1) is 0 Å². The van der Waals surface area contributed by atoms with Gasteiger partial charge in [-0.25, -0.2) is 18.7 Å².